The average molecular weight is 554 g/mol. The summed E-state index contributed by atoms with van der Waals surface area (Å²) in [6.45, 7) is 5.88. The van der Waals surface area contributed by atoms with Gasteiger partial charge in [-0.3, -0.25) is 4.79 Å². The van der Waals surface area contributed by atoms with Crippen LogP contribution in [-0.2, 0) is 17.8 Å². The minimum atomic E-state index is -0.209. The summed E-state index contributed by atoms with van der Waals surface area (Å²) in [5, 5.41) is 9.47. The van der Waals surface area contributed by atoms with Gasteiger partial charge in [-0.15, -0.1) is 24.0 Å². The predicted molar refractivity (Wildman–Crippen MR) is 136 cm³/mol. The van der Waals surface area contributed by atoms with E-state index in [4.69, 9.17) is 4.74 Å². The molecule has 3 rings (SSSR count). The van der Waals surface area contributed by atoms with Gasteiger partial charge in [-0.05, 0) is 74.1 Å². The molecule has 1 aliphatic carbocycles. The number of aliphatic imine (C=N–C) groups is 1. The fraction of sp³-hybridized carbons (Fsp3) is 0.417. The molecule has 6 nitrogen and oxygen atoms in total. The number of ether oxygens (including phenoxy) is 1. The number of nitrogens with one attached hydrogen (secondary N) is 3. The number of hydrogen-bond acceptors (Lipinski definition) is 3. The van der Waals surface area contributed by atoms with Gasteiger partial charge in [0.05, 0.1) is 6.54 Å². The lowest BCUT2D eigenvalue weighted by molar-refractivity contribution is -0.123. The molecule has 1 saturated carbocycles. The Morgan fingerprint density at radius 1 is 1.19 bits per heavy atom. The van der Waals surface area contributed by atoms with Gasteiger partial charge >= 0.3 is 0 Å². The number of rotatable bonds is 10. The molecule has 174 valence electrons. The Morgan fingerprint density at radius 2 is 2.00 bits per heavy atom. The maximum atomic E-state index is 13.3. The molecule has 1 fully saturated rings. The van der Waals surface area contributed by atoms with Crippen molar-refractivity contribution in [3.05, 3.63) is 65.0 Å². The molecule has 1 amide bonds. The fourth-order valence-corrected chi connectivity index (χ4v) is 3.15. The molecule has 1 aliphatic rings. The van der Waals surface area contributed by atoms with Crippen LogP contribution in [0, 0.1) is 12.7 Å². The normalized spacial score (nSPS) is 13.2. The molecule has 0 atom stereocenters. The molecule has 0 aliphatic heterocycles. The van der Waals surface area contributed by atoms with E-state index in [0.717, 1.165) is 48.5 Å². The van der Waals surface area contributed by atoms with E-state index in [9.17, 15) is 9.18 Å². The van der Waals surface area contributed by atoms with Crippen LogP contribution in [0.4, 0.5) is 4.39 Å². The first kappa shape index (κ1) is 25.9. The van der Waals surface area contributed by atoms with Crippen molar-refractivity contribution >= 4 is 35.8 Å². The zero-order chi connectivity index (χ0) is 22.1. The van der Waals surface area contributed by atoms with Crippen LogP contribution in [0.3, 0.4) is 0 Å². The molecule has 2 aromatic carbocycles. The van der Waals surface area contributed by atoms with Crippen LogP contribution in [0.25, 0.3) is 0 Å². The second-order valence-electron chi connectivity index (χ2n) is 7.72. The predicted octanol–water partition coefficient (Wildman–Crippen LogP) is 3.71. The minimum absolute atomic E-state index is 0. The summed E-state index contributed by atoms with van der Waals surface area (Å²) in [6, 6.07) is 12.8. The number of aryl methyl sites for hydroxylation is 1. The van der Waals surface area contributed by atoms with E-state index < -0.39 is 0 Å². The second-order valence-corrected chi connectivity index (χ2v) is 7.72. The van der Waals surface area contributed by atoms with Crippen LogP contribution in [0.15, 0.2) is 47.5 Å². The Morgan fingerprint density at radius 3 is 2.72 bits per heavy atom. The molecule has 3 N–H and O–H groups in total. The third-order valence-corrected chi connectivity index (χ3v) is 4.97. The molecule has 0 bridgehead atoms. The van der Waals surface area contributed by atoms with E-state index in [1.54, 1.807) is 6.07 Å². The van der Waals surface area contributed by atoms with E-state index in [-0.39, 0.29) is 42.3 Å². The number of carbonyl (C=O) groups is 1. The largest absolute Gasteiger partial charge is 0.484 e. The molecule has 0 radical (unpaired) electrons. The van der Waals surface area contributed by atoms with Gasteiger partial charge in [-0.2, -0.15) is 0 Å². The van der Waals surface area contributed by atoms with Crippen molar-refractivity contribution in [3.8, 4) is 5.75 Å². The highest BCUT2D eigenvalue weighted by Gasteiger charge is 2.23. The highest BCUT2D eigenvalue weighted by Crippen LogP contribution is 2.19. The summed E-state index contributed by atoms with van der Waals surface area (Å²) in [5.41, 5.74) is 3.05. The molecule has 0 unspecified atom stereocenters. The van der Waals surface area contributed by atoms with Crippen molar-refractivity contribution in [2.75, 3.05) is 19.7 Å². The maximum Gasteiger partial charge on any atom is 0.258 e. The molecular formula is C24H32FIN4O2. The first-order valence-corrected chi connectivity index (χ1v) is 10.8. The number of amides is 1. The van der Waals surface area contributed by atoms with E-state index in [1.807, 2.05) is 44.2 Å². The van der Waals surface area contributed by atoms with Gasteiger partial charge in [0.2, 0.25) is 0 Å². The molecule has 0 saturated heterocycles. The Hall–Kier alpha value is -2.36. The van der Waals surface area contributed by atoms with Gasteiger partial charge < -0.3 is 20.7 Å². The van der Waals surface area contributed by atoms with Crippen LogP contribution in [-0.4, -0.2) is 37.6 Å². The van der Waals surface area contributed by atoms with Gasteiger partial charge in [0.1, 0.15) is 11.6 Å². The monoisotopic (exact) mass is 554 g/mol. The van der Waals surface area contributed by atoms with Gasteiger partial charge in [-0.25, -0.2) is 9.38 Å². The fourth-order valence-electron chi connectivity index (χ4n) is 3.15. The van der Waals surface area contributed by atoms with Crippen molar-refractivity contribution in [2.45, 2.75) is 45.7 Å². The summed E-state index contributed by atoms with van der Waals surface area (Å²) >= 11 is 0. The number of benzene rings is 2. The molecule has 0 spiro atoms. The van der Waals surface area contributed by atoms with Crippen LogP contribution < -0.4 is 20.7 Å². The molecule has 0 aromatic heterocycles. The molecule has 8 heteroatoms. The summed E-state index contributed by atoms with van der Waals surface area (Å²) in [6.07, 6.45) is 2.90. The van der Waals surface area contributed by atoms with Crippen molar-refractivity contribution < 1.29 is 13.9 Å². The van der Waals surface area contributed by atoms with Crippen molar-refractivity contribution in [2.24, 2.45) is 4.99 Å². The quantitative estimate of drug-likeness (QED) is 0.238. The summed E-state index contributed by atoms with van der Waals surface area (Å²) < 4.78 is 18.9. The molecule has 0 heterocycles. The van der Waals surface area contributed by atoms with Crippen molar-refractivity contribution in [1.29, 1.82) is 0 Å². The van der Waals surface area contributed by atoms with Crippen LogP contribution in [0.5, 0.6) is 5.75 Å². The average Bonchev–Trinajstić information content (AvgIpc) is 3.56. The van der Waals surface area contributed by atoms with Gasteiger partial charge in [0.25, 0.3) is 5.91 Å². The van der Waals surface area contributed by atoms with Gasteiger partial charge in [0, 0.05) is 19.1 Å². The maximum absolute atomic E-state index is 13.3. The first-order valence-electron chi connectivity index (χ1n) is 10.8. The minimum Gasteiger partial charge on any atom is -0.484 e. The van der Waals surface area contributed by atoms with E-state index in [2.05, 4.69) is 20.9 Å². The Kier molecular flexibility index (Phi) is 10.7. The SMILES string of the molecule is CCNC(=NCc1cccc(OCC(=O)NC2CC2)c1)NCCc1ccc(F)cc1C.I. The smallest absolute Gasteiger partial charge is 0.258 e. The lowest BCUT2D eigenvalue weighted by atomic mass is 10.1. The second kappa shape index (κ2) is 13.2. The van der Waals surface area contributed by atoms with Crippen LogP contribution in [0.1, 0.15) is 36.5 Å². The highest BCUT2D eigenvalue weighted by molar-refractivity contribution is 14.0. The van der Waals surface area contributed by atoms with Crippen LogP contribution in [0.2, 0.25) is 0 Å². The zero-order valence-corrected chi connectivity index (χ0v) is 20.9. The number of carbonyl (C=O) groups excluding carboxylic acids is 1. The van der Waals surface area contributed by atoms with Crippen LogP contribution >= 0.6 is 24.0 Å². The van der Waals surface area contributed by atoms with Crippen molar-refractivity contribution in [3.63, 3.8) is 0 Å². The number of nitrogens with zero attached hydrogens (tertiary/aromatic N) is 1. The van der Waals surface area contributed by atoms with Gasteiger partial charge in [-0.1, -0.05) is 18.2 Å². The van der Waals surface area contributed by atoms with E-state index in [1.165, 1.54) is 6.07 Å². The zero-order valence-electron chi connectivity index (χ0n) is 18.6. The highest BCUT2D eigenvalue weighted by atomic mass is 127. The Bertz CT molecular complexity index is 919. The number of guanidine groups is 1. The first-order chi connectivity index (χ1) is 15.0. The standard InChI is InChI=1S/C24H31FN4O2.HI/c1-3-26-24(27-12-11-19-7-8-20(25)13-17(19)2)28-15-18-5-4-6-22(14-18)31-16-23(30)29-21-9-10-21;/h4-8,13-14,21H,3,9-12,15-16H2,1-2H3,(H,29,30)(H2,26,27,28);1H. The lowest BCUT2D eigenvalue weighted by Gasteiger charge is -2.12. The summed E-state index contributed by atoms with van der Waals surface area (Å²) in [4.78, 5) is 16.4. The topological polar surface area (TPSA) is 74.8 Å². The third-order valence-electron chi connectivity index (χ3n) is 4.97. The Labute approximate surface area is 206 Å². The number of halogens is 2. The molecular weight excluding hydrogens is 522 g/mol. The third kappa shape index (κ3) is 9.02. The molecule has 2 aromatic rings. The summed E-state index contributed by atoms with van der Waals surface area (Å²) in [7, 11) is 0. The van der Waals surface area contributed by atoms with E-state index >= 15 is 0 Å². The van der Waals surface area contributed by atoms with Crippen molar-refractivity contribution in [1.82, 2.24) is 16.0 Å². The lowest BCUT2D eigenvalue weighted by Crippen LogP contribution is -2.38. The van der Waals surface area contributed by atoms with Gasteiger partial charge in [0.15, 0.2) is 12.6 Å². The molecule has 32 heavy (non-hydrogen) atoms. The number of hydrogen-bond donors (Lipinski definition) is 3. The Balaban J connectivity index is 0.00000363. The van der Waals surface area contributed by atoms with E-state index in [0.29, 0.717) is 24.9 Å². The summed E-state index contributed by atoms with van der Waals surface area (Å²) in [5.74, 6) is 1.08.